The number of aromatic carboxylic acids is 1. The lowest BCUT2D eigenvalue weighted by Gasteiger charge is -2.18. The van der Waals surface area contributed by atoms with Gasteiger partial charge in [-0.05, 0) is 31.0 Å². The molecule has 3 aromatic carbocycles. The van der Waals surface area contributed by atoms with Crippen molar-refractivity contribution in [3.05, 3.63) is 48.0 Å². The predicted octanol–water partition coefficient (Wildman–Crippen LogP) is 12.3. The zero-order valence-electron chi connectivity index (χ0n) is 27.3. The van der Waals surface area contributed by atoms with Gasteiger partial charge in [-0.25, -0.2) is 4.79 Å². The fraction of sp³-hybridized carbons (Fsp3) is 0.615. The summed E-state index contributed by atoms with van der Waals surface area (Å²) >= 11 is 0. The average molecular weight is 591 g/mol. The lowest BCUT2D eigenvalue weighted by molar-refractivity contribution is 0.0697. The highest BCUT2D eigenvalue weighted by molar-refractivity contribution is 6.12. The van der Waals surface area contributed by atoms with Gasteiger partial charge in [-0.3, -0.25) is 0 Å². The second kappa shape index (κ2) is 21.0. The molecule has 0 bridgehead atoms. The van der Waals surface area contributed by atoms with Gasteiger partial charge in [-0.2, -0.15) is 0 Å². The van der Waals surface area contributed by atoms with Crippen LogP contribution in [0.4, 0.5) is 0 Å². The van der Waals surface area contributed by atoms with Crippen LogP contribution in [0.2, 0.25) is 0 Å². The average Bonchev–Trinajstić information content (AvgIpc) is 3.02. The molecule has 0 aliphatic carbocycles. The van der Waals surface area contributed by atoms with E-state index in [-0.39, 0.29) is 5.56 Å². The number of benzene rings is 3. The molecule has 0 heterocycles. The van der Waals surface area contributed by atoms with E-state index in [1.165, 1.54) is 109 Å². The van der Waals surface area contributed by atoms with E-state index in [1.807, 2.05) is 18.2 Å². The Kier molecular flexibility index (Phi) is 17.0. The van der Waals surface area contributed by atoms with Gasteiger partial charge >= 0.3 is 5.97 Å². The molecule has 0 saturated carbocycles. The third kappa shape index (κ3) is 12.0. The van der Waals surface area contributed by atoms with Crippen molar-refractivity contribution in [2.45, 2.75) is 142 Å². The molecule has 1 N–H and O–H groups in total. The fourth-order valence-electron chi connectivity index (χ4n) is 6.07. The largest absolute Gasteiger partial charge is 0.492 e. The molecule has 4 heteroatoms. The molecule has 3 rings (SSSR count). The number of carbonyl (C=O) groups is 1. The first-order valence-electron chi connectivity index (χ1n) is 17.6. The number of rotatable bonds is 25. The van der Waals surface area contributed by atoms with Gasteiger partial charge in [0.05, 0.1) is 18.8 Å². The quantitative estimate of drug-likeness (QED) is 0.0787. The van der Waals surface area contributed by atoms with E-state index in [4.69, 9.17) is 9.47 Å². The van der Waals surface area contributed by atoms with Crippen LogP contribution >= 0.6 is 0 Å². The van der Waals surface area contributed by atoms with Gasteiger partial charge in [0.1, 0.15) is 11.5 Å². The van der Waals surface area contributed by atoms with Gasteiger partial charge in [0, 0.05) is 21.5 Å². The second-order valence-corrected chi connectivity index (χ2v) is 12.3. The van der Waals surface area contributed by atoms with Gasteiger partial charge in [-0.1, -0.05) is 154 Å². The topological polar surface area (TPSA) is 55.8 Å². The predicted molar refractivity (Wildman–Crippen MR) is 183 cm³/mol. The van der Waals surface area contributed by atoms with E-state index < -0.39 is 5.97 Å². The number of carboxylic acids is 1. The number of carboxylic acid groups (broad SMARTS) is 1. The summed E-state index contributed by atoms with van der Waals surface area (Å²) in [5.41, 5.74) is 0.271. The second-order valence-electron chi connectivity index (χ2n) is 12.3. The Morgan fingerprint density at radius 1 is 0.512 bits per heavy atom. The number of fused-ring (bicyclic) bond motifs is 2. The van der Waals surface area contributed by atoms with Crippen LogP contribution in [-0.2, 0) is 0 Å². The Morgan fingerprint density at radius 2 is 0.884 bits per heavy atom. The van der Waals surface area contributed by atoms with Crippen molar-refractivity contribution in [1.29, 1.82) is 0 Å². The smallest absolute Gasteiger partial charge is 0.335 e. The highest BCUT2D eigenvalue weighted by atomic mass is 16.5. The summed E-state index contributed by atoms with van der Waals surface area (Å²) in [5, 5.41) is 13.5. The minimum Gasteiger partial charge on any atom is -0.492 e. The zero-order chi connectivity index (χ0) is 30.5. The molecule has 4 nitrogen and oxygen atoms in total. The van der Waals surface area contributed by atoms with Crippen LogP contribution in [0.15, 0.2) is 42.5 Å². The molecule has 0 atom stereocenters. The lowest BCUT2D eigenvalue weighted by Crippen LogP contribution is -2.03. The molecule has 0 fully saturated rings. The normalized spacial score (nSPS) is 11.4. The van der Waals surface area contributed by atoms with Gasteiger partial charge < -0.3 is 14.6 Å². The first-order chi connectivity index (χ1) is 21.2. The minimum absolute atomic E-state index is 0.271. The van der Waals surface area contributed by atoms with Crippen LogP contribution in [0.1, 0.15) is 153 Å². The summed E-state index contributed by atoms with van der Waals surface area (Å²) in [6, 6.07) is 13.6. The Bertz CT molecular complexity index is 1200. The Labute approximate surface area is 261 Å². The monoisotopic (exact) mass is 590 g/mol. The molecule has 0 aliphatic heterocycles. The molecule has 0 radical (unpaired) electrons. The van der Waals surface area contributed by atoms with Crippen LogP contribution in [0.3, 0.4) is 0 Å². The van der Waals surface area contributed by atoms with E-state index in [1.54, 1.807) is 12.1 Å². The van der Waals surface area contributed by atoms with E-state index in [0.717, 1.165) is 52.3 Å². The summed E-state index contributed by atoms with van der Waals surface area (Å²) in [4.78, 5) is 11.9. The first kappa shape index (κ1) is 34.7. The molecule has 43 heavy (non-hydrogen) atoms. The third-order valence-corrected chi connectivity index (χ3v) is 8.66. The summed E-state index contributed by atoms with van der Waals surface area (Å²) in [7, 11) is 0. The van der Waals surface area contributed by atoms with E-state index in [2.05, 4.69) is 26.0 Å². The number of hydrogen-bond donors (Lipinski definition) is 1. The van der Waals surface area contributed by atoms with Crippen molar-refractivity contribution in [3.63, 3.8) is 0 Å². The number of unbranched alkanes of at least 4 members (excludes halogenated alkanes) is 18. The molecule has 0 saturated heterocycles. The third-order valence-electron chi connectivity index (χ3n) is 8.66. The Morgan fingerprint density at radius 3 is 1.30 bits per heavy atom. The molecular formula is C39H58O4. The standard InChI is InChI=1S/C39H58O4/c1-3-5-7-9-11-13-15-17-19-23-29-42-37-33-25-21-22-26-34(33)38(36-31-32(39(40)41)27-28-35(36)37)43-30-24-20-18-16-14-12-10-8-6-4-2/h21-22,25-28,31H,3-20,23-24,29-30H2,1-2H3,(H,40,41). The van der Waals surface area contributed by atoms with Gasteiger partial charge in [0.15, 0.2) is 0 Å². The highest BCUT2D eigenvalue weighted by Crippen LogP contribution is 2.43. The molecular weight excluding hydrogens is 532 g/mol. The maximum absolute atomic E-state index is 11.9. The van der Waals surface area contributed by atoms with Crippen LogP contribution in [0, 0.1) is 0 Å². The molecule has 238 valence electrons. The summed E-state index contributed by atoms with van der Waals surface area (Å²) in [6.07, 6.45) is 25.7. The van der Waals surface area contributed by atoms with Crippen LogP contribution in [-0.4, -0.2) is 24.3 Å². The fourth-order valence-corrected chi connectivity index (χ4v) is 6.07. The zero-order valence-corrected chi connectivity index (χ0v) is 27.3. The maximum Gasteiger partial charge on any atom is 0.335 e. The molecule has 0 unspecified atom stereocenters. The minimum atomic E-state index is -0.927. The molecule has 0 aromatic heterocycles. The van der Waals surface area contributed by atoms with Crippen LogP contribution < -0.4 is 9.47 Å². The van der Waals surface area contributed by atoms with Crippen molar-refractivity contribution < 1.29 is 19.4 Å². The van der Waals surface area contributed by atoms with Gasteiger partial charge in [-0.15, -0.1) is 0 Å². The SMILES string of the molecule is CCCCCCCCCCCCOc1c2ccccc2c(OCCCCCCCCCCCC)c2cc(C(=O)O)ccc12. The van der Waals surface area contributed by atoms with Crippen molar-refractivity contribution >= 4 is 27.5 Å². The molecule has 0 amide bonds. The van der Waals surface area contributed by atoms with Crippen LogP contribution in [0.5, 0.6) is 11.5 Å². The van der Waals surface area contributed by atoms with E-state index >= 15 is 0 Å². The van der Waals surface area contributed by atoms with Crippen LogP contribution in [0.25, 0.3) is 21.5 Å². The van der Waals surface area contributed by atoms with E-state index in [0.29, 0.717) is 13.2 Å². The van der Waals surface area contributed by atoms with E-state index in [9.17, 15) is 9.90 Å². The Balaban J connectivity index is 1.59. The van der Waals surface area contributed by atoms with Crippen molar-refractivity contribution in [3.8, 4) is 11.5 Å². The van der Waals surface area contributed by atoms with Gasteiger partial charge in [0.25, 0.3) is 0 Å². The summed E-state index contributed by atoms with van der Waals surface area (Å²) in [6.45, 7) is 5.82. The number of ether oxygens (including phenoxy) is 2. The van der Waals surface area contributed by atoms with Crippen molar-refractivity contribution in [1.82, 2.24) is 0 Å². The summed E-state index contributed by atoms with van der Waals surface area (Å²) < 4.78 is 12.9. The number of hydrogen-bond acceptors (Lipinski definition) is 3. The first-order valence-corrected chi connectivity index (χ1v) is 17.6. The molecule has 0 spiro atoms. The molecule has 3 aromatic rings. The molecule has 0 aliphatic rings. The van der Waals surface area contributed by atoms with Crippen molar-refractivity contribution in [2.75, 3.05) is 13.2 Å². The Hall–Kier alpha value is -2.75. The lowest BCUT2D eigenvalue weighted by atomic mass is 9.98. The summed E-state index contributed by atoms with van der Waals surface area (Å²) in [5.74, 6) is 0.684. The maximum atomic E-state index is 11.9. The highest BCUT2D eigenvalue weighted by Gasteiger charge is 2.18. The van der Waals surface area contributed by atoms with Crippen molar-refractivity contribution in [2.24, 2.45) is 0 Å². The van der Waals surface area contributed by atoms with Gasteiger partial charge in [0.2, 0.25) is 0 Å².